The molecule has 0 unspecified atom stereocenters. The molecule has 0 aromatic carbocycles. The lowest BCUT2D eigenvalue weighted by atomic mass is 10.0. The van der Waals surface area contributed by atoms with Crippen molar-refractivity contribution < 1.29 is 24.6 Å². The van der Waals surface area contributed by atoms with Crippen LogP contribution in [-0.2, 0) is 14.4 Å². The topological polar surface area (TPSA) is 107 Å². The average Bonchev–Trinajstić information content (AvgIpc) is 2.64. The van der Waals surface area contributed by atoms with Crippen molar-refractivity contribution in [2.24, 2.45) is 0 Å². The molecule has 0 saturated carbocycles. The fraction of sp³-hybridized carbons (Fsp3) is 0.700. The molecule has 2 amide bonds. The Kier molecular flexibility index (Phi) is 3.01. The zero-order valence-corrected chi connectivity index (χ0v) is 9.13. The number of hydrogen-bond donors (Lipinski definition) is 3. The molecule has 0 radical (unpaired) electrons. The highest BCUT2D eigenvalue weighted by molar-refractivity contribution is 5.97. The van der Waals surface area contributed by atoms with Crippen LogP contribution in [-0.4, -0.2) is 57.6 Å². The van der Waals surface area contributed by atoms with Crippen LogP contribution in [0.3, 0.4) is 0 Å². The van der Waals surface area contributed by atoms with Crippen LogP contribution in [0.15, 0.2) is 0 Å². The highest BCUT2D eigenvalue weighted by Crippen LogP contribution is 2.23. The number of aliphatic hydroxyl groups is 1. The number of aliphatic carboxylic acids is 1. The first-order chi connectivity index (χ1) is 7.99. The second-order valence-corrected chi connectivity index (χ2v) is 4.39. The first-order valence-corrected chi connectivity index (χ1v) is 5.49. The second-order valence-electron chi connectivity index (χ2n) is 4.39. The van der Waals surface area contributed by atoms with Crippen molar-refractivity contribution in [2.45, 2.75) is 37.5 Å². The molecule has 94 valence electrons. The molecule has 7 nitrogen and oxygen atoms in total. The molecule has 0 bridgehead atoms. The summed E-state index contributed by atoms with van der Waals surface area (Å²) in [5.41, 5.74) is 0. The van der Waals surface area contributed by atoms with Gasteiger partial charge in [0.15, 0.2) is 0 Å². The third kappa shape index (κ3) is 2.23. The highest BCUT2D eigenvalue weighted by Gasteiger charge is 2.45. The molecule has 3 atom stereocenters. The van der Waals surface area contributed by atoms with Crippen LogP contribution in [0.4, 0.5) is 0 Å². The number of amides is 2. The number of aliphatic hydroxyl groups excluding tert-OH is 1. The summed E-state index contributed by atoms with van der Waals surface area (Å²) in [6, 6.07) is -1.38. The number of hydrogen-bond acceptors (Lipinski definition) is 4. The van der Waals surface area contributed by atoms with Crippen LogP contribution in [0, 0.1) is 0 Å². The van der Waals surface area contributed by atoms with Gasteiger partial charge in [-0.15, -0.1) is 0 Å². The lowest BCUT2D eigenvalue weighted by Crippen LogP contribution is -2.61. The average molecular weight is 242 g/mol. The Morgan fingerprint density at radius 2 is 2.18 bits per heavy atom. The summed E-state index contributed by atoms with van der Waals surface area (Å²) in [6.07, 6.45) is -0.506. The fourth-order valence-electron chi connectivity index (χ4n) is 2.30. The van der Waals surface area contributed by atoms with Gasteiger partial charge in [0.2, 0.25) is 11.8 Å². The Morgan fingerprint density at radius 3 is 2.82 bits per heavy atom. The predicted octanol–water partition coefficient (Wildman–Crippen LogP) is -1.69. The minimum Gasteiger partial charge on any atom is -0.481 e. The zero-order valence-electron chi connectivity index (χ0n) is 9.13. The van der Waals surface area contributed by atoms with Crippen molar-refractivity contribution >= 4 is 17.8 Å². The molecule has 3 N–H and O–H groups in total. The van der Waals surface area contributed by atoms with Crippen molar-refractivity contribution in [3.05, 3.63) is 0 Å². The van der Waals surface area contributed by atoms with E-state index in [2.05, 4.69) is 5.32 Å². The van der Waals surface area contributed by atoms with E-state index in [0.717, 1.165) is 0 Å². The Hall–Kier alpha value is -1.63. The summed E-state index contributed by atoms with van der Waals surface area (Å²) in [7, 11) is 0. The summed E-state index contributed by atoms with van der Waals surface area (Å²) < 4.78 is 0. The molecule has 2 rings (SSSR count). The molecule has 7 heteroatoms. The SMILES string of the molecule is O=C(O)CC[C@@H]1NC(=O)[C@@H]2C[C@@H](O)CN2C1=O. The van der Waals surface area contributed by atoms with Gasteiger partial charge in [0.05, 0.1) is 6.10 Å². The van der Waals surface area contributed by atoms with Gasteiger partial charge in [-0.2, -0.15) is 0 Å². The van der Waals surface area contributed by atoms with Crippen LogP contribution in [0.1, 0.15) is 19.3 Å². The highest BCUT2D eigenvalue weighted by atomic mass is 16.4. The van der Waals surface area contributed by atoms with E-state index in [-0.39, 0.29) is 37.6 Å². The third-order valence-electron chi connectivity index (χ3n) is 3.13. The van der Waals surface area contributed by atoms with Crippen molar-refractivity contribution in [3.8, 4) is 0 Å². The number of fused-ring (bicyclic) bond motifs is 1. The lowest BCUT2D eigenvalue weighted by Gasteiger charge is -2.34. The number of rotatable bonds is 3. The standard InChI is InChI=1S/C10H14N2O5/c13-5-3-7-9(16)11-6(1-2-8(14)15)10(17)12(7)4-5/h5-7,13H,1-4H2,(H,11,16)(H,14,15)/t5-,6+,7+/m1/s1. The number of carbonyl (C=O) groups excluding carboxylic acids is 2. The van der Waals surface area contributed by atoms with Gasteiger partial charge in [0.1, 0.15) is 12.1 Å². The maximum absolute atomic E-state index is 11.9. The van der Waals surface area contributed by atoms with Gasteiger partial charge in [-0.3, -0.25) is 14.4 Å². The molecule has 0 aliphatic carbocycles. The van der Waals surface area contributed by atoms with E-state index in [0.29, 0.717) is 0 Å². The summed E-state index contributed by atoms with van der Waals surface area (Å²) >= 11 is 0. The molecule has 2 fully saturated rings. The fourth-order valence-corrected chi connectivity index (χ4v) is 2.30. The summed E-state index contributed by atoms with van der Waals surface area (Å²) in [5, 5.41) is 20.5. The number of carboxylic acids is 1. The first kappa shape index (κ1) is 11.8. The van der Waals surface area contributed by atoms with Crippen LogP contribution in [0.25, 0.3) is 0 Å². The van der Waals surface area contributed by atoms with E-state index in [9.17, 15) is 19.5 Å². The molecular formula is C10H14N2O5. The number of nitrogens with zero attached hydrogens (tertiary/aromatic N) is 1. The van der Waals surface area contributed by atoms with E-state index in [1.807, 2.05) is 0 Å². The first-order valence-electron chi connectivity index (χ1n) is 5.49. The minimum atomic E-state index is -1.00. The molecule has 2 aliphatic heterocycles. The predicted molar refractivity (Wildman–Crippen MR) is 54.9 cm³/mol. The molecule has 2 heterocycles. The van der Waals surface area contributed by atoms with Crippen molar-refractivity contribution in [3.63, 3.8) is 0 Å². The number of nitrogens with one attached hydrogen (secondary N) is 1. The smallest absolute Gasteiger partial charge is 0.303 e. The van der Waals surface area contributed by atoms with Crippen molar-refractivity contribution in [1.29, 1.82) is 0 Å². The Bertz CT molecular complexity index is 370. The Labute approximate surface area is 97.4 Å². The largest absolute Gasteiger partial charge is 0.481 e. The van der Waals surface area contributed by atoms with Crippen molar-refractivity contribution in [1.82, 2.24) is 10.2 Å². The Balaban J connectivity index is 2.05. The maximum atomic E-state index is 11.9. The minimum absolute atomic E-state index is 0.0826. The van der Waals surface area contributed by atoms with Gasteiger partial charge in [-0.25, -0.2) is 0 Å². The second kappa shape index (κ2) is 4.33. The van der Waals surface area contributed by atoms with Crippen molar-refractivity contribution in [2.75, 3.05) is 6.54 Å². The van der Waals surface area contributed by atoms with E-state index in [4.69, 9.17) is 5.11 Å². The monoisotopic (exact) mass is 242 g/mol. The lowest BCUT2D eigenvalue weighted by molar-refractivity contribution is -0.148. The number of carboxylic acid groups (broad SMARTS) is 1. The number of piperazine rings is 1. The van der Waals surface area contributed by atoms with Crippen LogP contribution >= 0.6 is 0 Å². The van der Waals surface area contributed by atoms with Gasteiger partial charge in [-0.1, -0.05) is 0 Å². The molecule has 2 aliphatic rings. The zero-order chi connectivity index (χ0) is 12.6. The molecule has 0 aromatic heterocycles. The van der Waals surface area contributed by atoms with Gasteiger partial charge in [-0.05, 0) is 6.42 Å². The van der Waals surface area contributed by atoms with Gasteiger partial charge in [0.25, 0.3) is 0 Å². The molecule has 0 spiro atoms. The maximum Gasteiger partial charge on any atom is 0.303 e. The summed E-state index contributed by atoms with van der Waals surface area (Å²) in [4.78, 5) is 35.4. The van der Waals surface area contributed by atoms with Crippen LogP contribution in [0.5, 0.6) is 0 Å². The van der Waals surface area contributed by atoms with Gasteiger partial charge < -0.3 is 20.4 Å². The van der Waals surface area contributed by atoms with E-state index >= 15 is 0 Å². The van der Waals surface area contributed by atoms with Crippen LogP contribution < -0.4 is 5.32 Å². The van der Waals surface area contributed by atoms with Gasteiger partial charge >= 0.3 is 5.97 Å². The van der Waals surface area contributed by atoms with Gasteiger partial charge in [0, 0.05) is 19.4 Å². The third-order valence-corrected chi connectivity index (χ3v) is 3.13. The quantitative estimate of drug-likeness (QED) is 0.547. The van der Waals surface area contributed by atoms with E-state index in [1.165, 1.54) is 4.90 Å². The molecule has 2 saturated heterocycles. The summed E-state index contributed by atoms with van der Waals surface area (Å²) in [5.74, 6) is -1.61. The summed E-state index contributed by atoms with van der Waals surface area (Å²) in [6.45, 7) is 0.153. The van der Waals surface area contributed by atoms with Crippen LogP contribution in [0.2, 0.25) is 0 Å². The normalized spacial score (nSPS) is 32.3. The molecule has 0 aromatic rings. The Morgan fingerprint density at radius 1 is 1.47 bits per heavy atom. The number of carbonyl (C=O) groups is 3. The molecule has 17 heavy (non-hydrogen) atoms. The van der Waals surface area contributed by atoms with E-state index in [1.54, 1.807) is 0 Å². The van der Waals surface area contributed by atoms with E-state index < -0.39 is 24.2 Å². The molecular weight excluding hydrogens is 228 g/mol.